The largest absolute Gasteiger partial charge is 0.495 e. The van der Waals surface area contributed by atoms with Crippen LogP contribution in [0.5, 0.6) is 5.75 Å². The first-order chi connectivity index (χ1) is 20.4. The van der Waals surface area contributed by atoms with Gasteiger partial charge in [-0.2, -0.15) is 0 Å². The lowest BCUT2D eigenvalue weighted by molar-refractivity contribution is -0.116. The summed E-state index contributed by atoms with van der Waals surface area (Å²) in [4.78, 5) is 40.2. The van der Waals surface area contributed by atoms with Crippen molar-refractivity contribution in [1.29, 1.82) is 0 Å². The Bertz CT molecular complexity index is 1580. The Morgan fingerprint density at radius 1 is 0.881 bits per heavy atom. The van der Waals surface area contributed by atoms with Crippen LogP contribution >= 0.6 is 23.4 Å². The Hall–Kier alpha value is -4.53. The Labute approximate surface area is 254 Å². The summed E-state index contributed by atoms with van der Waals surface area (Å²) in [6.07, 6.45) is 2.17. The summed E-state index contributed by atoms with van der Waals surface area (Å²) in [5.74, 6) is -0.491. The van der Waals surface area contributed by atoms with Gasteiger partial charge >= 0.3 is 0 Å². The number of ether oxygens (including phenoxy) is 1. The minimum absolute atomic E-state index is 0.0619. The lowest BCUT2D eigenvalue weighted by Crippen LogP contribution is -2.30. The summed E-state index contributed by atoms with van der Waals surface area (Å²) in [7, 11) is 1.56. The molecular formula is C33H30ClN3O4S. The zero-order valence-corrected chi connectivity index (χ0v) is 24.7. The topological polar surface area (TPSA) is 96.5 Å². The van der Waals surface area contributed by atoms with Crippen LogP contribution in [0, 0.1) is 0 Å². The van der Waals surface area contributed by atoms with Crippen LogP contribution in [0.3, 0.4) is 0 Å². The molecule has 0 fully saturated rings. The number of nitrogens with one attached hydrogen (secondary N) is 3. The number of methoxy groups -OCH3 is 1. The van der Waals surface area contributed by atoms with E-state index in [1.165, 1.54) is 11.8 Å². The molecule has 0 aliphatic carbocycles. The molecule has 1 atom stereocenters. The highest BCUT2D eigenvalue weighted by molar-refractivity contribution is 8.00. The van der Waals surface area contributed by atoms with E-state index in [4.69, 9.17) is 16.3 Å². The number of para-hydroxylation sites is 2. The van der Waals surface area contributed by atoms with Crippen LogP contribution in [0.2, 0.25) is 5.02 Å². The highest BCUT2D eigenvalue weighted by atomic mass is 35.5. The second-order valence-electron chi connectivity index (χ2n) is 9.12. The van der Waals surface area contributed by atoms with Crippen molar-refractivity contribution in [3.63, 3.8) is 0 Å². The molecule has 0 spiro atoms. The highest BCUT2D eigenvalue weighted by Gasteiger charge is 2.20. The molecule has 4 aromatic rings. The molecule has 7 nitrogen and oxygen atoms in total. The van der Waals surface area contributed by atoms with Gasteiger partial charge in [-0.25, -0.2) is 0 Å². The highest BCUT2D eigenvalue weighted by Crippen LogP contribution is 2.30. The lowest BCUT2D eigenvalue weighted by Gasteiger charge is -2.17. The molecule has 4 aromatic carbocycles. The average Bonchev–Trinajstić information content (AvgIpc) is 3.01. The predicted octanol–water partition coefficient (Wildman–Crippen LogP) is 7.27. The standard InChI is InChI=1S/C33H30ClN3O4S/c1-3-30(33(40)36-27-14-7-8-15-29(27)41-2)42-26-13-9-12-25(21-26)35-32(39)28(20-22-16-18-24(34)19-17-22)37-31(38)23-10-5-4-6-11-23/h4-21,30H,3H2,1-2H3,(H,35,39)(H,36,40)(H,37,38)/b28-20-. The smallest absolute Gasteiger partial charge is 0.272 e. The molecule has 0 aliphatic heterocycles. The van der Waals surface area contributed by atoms with E-state index < -0.39 is 11.8 Å². The van der Waals surface area contributed by atoms with Crippen molar-refractivity contribution >= 4 is 58.5 Å². The third kappa shape index (κ3) is 8.49. The molecule has 0 aliphatic rings. The first-order valence-corrected chi connectivity index (χ1v) is 14.5. The van der Waals surface area contributed by atoms with Gasteiger partial charge < -0.3 is 20.7 Å². The first kappa shape index (κ1) is 30.4. The average molecular weight is 600 g/mol. The molecule has 0 saturated heterocycles. The van der Waals surface area contributed by atoms with E-state index >= 15 is 0 Å². The van der Waals surface area contributed by atoms with Gasteiger partial charge in [-0.05, 0) is 72.7 Å². The summed E-state index contributed by atoms with van der Waals surface area (Å²) >= 11 is 7.40. The maximum atomic E-state index is 13.4. The Morgan fingerprint density at radius 2 is 1.60 bits per heavy atom. The molecule has 214 valence electrons. The van der Waals surface area contributed by atoms with Crippen LogP contribution in [-0.2, 0) is 9.59 Å². The number of amides is 3. The molecule has 0 bridgehead atoms. The van der Waals surface area contributed by atoms with Crippen molar-refractivity contribution in [1.82, 2.24) is 5.32 Å². The van der Waals surface area contributed by atoms with Gasteiger partial charge in [0, 0.05) is 21.2 Å². The van der Waals surface area contributed by atoms with E-state index in [2.05, 4.69) is 16.0 Å². The van der Waals surface area contributed by atoms with Crippen molar-refractivity contribution in [2.75, 3.05) is 17.7 Å². The van der Waals surface area contributed by atoms with E-state index in [-0.39, 0.29) is 16.9 Å². The Balaban J connectivity index is 1.50. The second-order valence-corrected chi connectivity index (χ2v) is 10.8. The summed E-state index contributed by atoms with van der Waals surface area (Å²) in [5.41, 5.74) is 2.28. The normalized spacial score (nSPS) is 11.7. The van der Waals surface area contributed by atoms with E-state index in [0.29, 0.717) is 39.7 Å². The minimum atomic E-state index is -0.502. The number of carbonyl (C=O) groups excluding carboxylic acids is 3. The van der Waals surface area contributed by atoms with E-state index in [9.17, 15) is 14.4 Å². The van der Waals surface area contributed by atoms with Crippen LogP contribution in [0.15, 0.2) is 114 Å². The van der Waals surface area contributed by atoms with Crippen molar-refractivity contribution < 1.29 is 19.1 Å². The zero-order valence-electron chi connectivity index (χ0n) is 23.1. The number of halogens is 1. The third-order valence-corrected chi connectivity index (χ3v) is 7.72. The van der Waals surface area contributed by atoms with Crippen LogP contribution in [0.1, 0.15) is 29.3 Å². The number of thioether (sulfide) groups is 1. The molecule has 3 amide bonds. The van der Waals surface area contributed by atoms with Crippen molar-refractivity contribution in [3.8, 4) is 5.75 Å². The molecule has 9 heteroatoms. The monoisotopic (exact) mass is 599 g/mol. The molecular weight excluding hydrogens is 570 g/mol. The molecule has 3 N–H and O–H groups in total. The lowest BCUT2D eigenvalue weighted by atomic mass is 10.1. The van der Waals surface area contributed by atoms with E-state index in [1.807, 2.05) is 31.2 Å². The number of hydrogen-bond donors (Lipinski definition) is 3. The Morgan fingerprint density at radius 3 is 2.31 bits per heavy atom. The summed E-state index contributed by atoms with van der Waals surface area (Å²) in [6.45, 7) is 1.94. The van der Waals surface area contributed by atoms with Gasteiger partial charge in [0.15, 0.2) is 0 Å². The quantitative estimate of drug-likeness (QED) is 0.124. The van der Waals surface area contributed by atoms with Crippen molar-refractivity contribution in [2.45, 2.75) is 23.5 Å². The van der Waals surface area contributed by atoms with Crippen molar-refractivity contribution in [2.24, 2.45) is 0 Å². The van der Waals surface area contributed by atoms with Crippen LogP contribution < -0.4 is 20.7 Å². The van der Waals surface area contributed by atoms with Gasteiger partial charge in [0.25, 0.3) is 11.8 Å². The molecule has 4 rings (SSSR count). The third-order valence-electron chi connectivity index (χ3n) is 6.11. The maximum Gasteiger partial charge on any atom is 0.272 e. The molecule has 0 saturated carbocycles. The molecule has 1 unspecified atom stereocenters. The van der Waals surface area contributed by atoms with Crippen molar-refractivity contribution in [3.05, 3.63) is 125 Å². The van der Waals surface area contributed by atoms with Gasteiger partial charge in [-0.15, -0.1) is 11.8 Å². The zero-order chi connectivity index (χ0) is 29.9. The number of carbonyl (C=O) groups is 3. The first-order valence-electron chi connectivity index (χ1n) is 13.2. The number of benzene rings is 4. The fourth-order valence-electron chi connectivity index (χ4n) is 3.96. The van der Waals surface area contributed by atoms with Gasteiger partial charge in [0.1, 0.15) is 11.4 Å². The van der Waals surface area contributed by atoms with Gasteiger partial charge in [0.05, 0.1) is 18.0 Å². The summed E-state index contributed by atoms with van der Waals surface area (Å²) in [5, 5.41) is 8.71. The molecule has 0 heterocycles. The van der Waals surface area contributed by atoms with Crippen LogP contribution in [0.25, 0.3) is 6.08 Å². The number of anilines is 2. The summed E-state index contributed by atoms with van der Waals surface area (Å²) in [6, 6.07) is 30.0. The fourth-order valence-corrected chi connectivity index (χ4v) is 5.10. The van der Waals surface area contributed by atoms with Gasteiger partial charge in [-0.1, -0.05) is 67.1 Å². The number of hydrogen-bond acceptors (Lipinski definition) is 5. The number of rotatable bonds is 11. The molecule has 0 radical (unpaired) electrons. The predicted molar refractivity (Wildman–Crippen MR) is 170 cm³/mol. The minimum Gasteiger partial charge on any atom is -0.495 e. The van der Waals surface area contributed by atoms with Gasteiger partial charge in [-0.3, -0.25) is 14.4 Å². The van der Waals surface area contributed by atoms with Crippen LogP contribution in [-0.4, -0.2) is 30.1 Å². The van der Waals surface area contributed by atoms with Crippen LogP contribution in [0.4, 0.5) is 11.4 Å². The Kier molecular flexibility index (Phi) is 10.8. The summed E-state index contributed by atoms with van der Waals surface area (Å²) < 4.78 is 5.34. The maximum absolute atomic E-state index is 13.4. The van der Waals surface area contributed by atoms with Gasteiger partial charge in [0.2, 0.25) is 5.91 Å². The SMILES string of the molecule is CCC(Sc1cccc(NC(=O)/C(=C/c2ccc(Cl)cc2)NC(=O)c2ccccc2)c1)C(=O)Nc1ccccc1OC. The molecule has 42 heavy (non-hydrogen) atoms. The molecule has 0 aromatic heterocycles. The fraction of sp³-hybridized carbons (Fsp3) is 0.121. The second kappa shape index (κ2) is 14.9. The van der Waals surface area contributed by atoms with E-state index in [1.54, 1.807) is 92.0 Å². The van der Waals surface area contributed by atoms with E-state index in [0.717, 1.165) is 4.90 Å².